The van der Waals surface area contributed by atoms with Crippen LogP contribution in [-0.2, 0) is 11.2 Å². The summed E-state index contributed by atoms with van der Waals surface area (Å²) >= 11 is 0. The molecule has 0 radical (unpaired) electrons. The lowest BCUT2D eigenvalue weighted by atomic mass is 10.1. The predicted molar refractivity (Wildman–Crippen MR) is 112 cm³/mol. The average molecular weight is 381 g/mol. The van der Waals surface area contributed by atoms with Crippen molar-refractivity contribution in [2.75, 3.05) is 26.1 Å². The maximum Gasteiger partial charge on any atom is 0.226 e. The van der Waals surface area contributed by atoms with Crippen molar-refractivity contribution in [1.82, 2.24) is 10.3 Å². The van der Waals surface area contributed by atoms with Gasteiger partial charge in [-0.15, -0.1) is 0 Å². The average Bonchev–Trinajstić information content (AvgIpc) is 3.11. The van der Waals surface area contributed by atoms with E-state index in [2.05, 4.69) is 33.9 Å². The minimum Gasteiger partial charge on any atom is -0.497 e. The molecule has 2 aromatic carbocycles. The Balaban J connectivity index is 1.49. The van der Waals surface area contributed by atoms with Gasteiger partial charge in [-0.2, -0.15) is 0 Å². The Labute approximate surface area is 165 Å². The summed E-state index contributed by atoms with van der Waals surface area (Å²) in [5.41, 5.74) is 3.04. The number of rotatable bonds is 9. The zero-order valence-electron chi connectivity index (χ0n) is 16.5. The van der Waals surface area contributed by atoms with Crippen LogP contribution < -0.4 is 20.1 Å². The number of methoxy groups -OCH3 is 2. The first-order valence-corrected chi connectivity index (χ1v) is 9.41. The van der Waals surface area contributed by atoms with E-state index in [0.717, 1.165) is 18.5 Å². The molecular formula is C22H27N3O3. The number of carbonyl (C=O) groups is 1. The van der Waals surface area contributed by atoms with Crippen molar-refractivity contribution in [1.29, 1.82) is 0 Å². The van der Waals surface area contributed by atoms with Crippen molar-refractivity contribution in [3.8, 4) is 11.5 Å². The van der Waals surface area contributed by atoms with Gasteiger partial charge in [-0.3, -0.25) is 4.79 Å². The number of ether oxygens (including phenoxy) is 2. The van der Waals surface area contributed by atoms with Crippen molar-refractivity contribution >= 4 is 22.5 Å². The van der Waals surface area contributed by atoms with Crippen molar-refractivity contribution in [3.63, 3.8) is 0 Å². The van der Waals surface area contributed by atoms with E-state index in [1.165, 1.54) is 10.9 Å². The molecule has 1 amide bonds. The van der Waals surface area contributed by atoms with Gasteiger partial charge in [0.05, 0.1) is 19.9 Å². The normalized spacial score (nSPS) is 12.0. The summed E-state index contributed by atoms with van der Waals surface area (Å²) in [5.74, 6) is 1.20. The maximum absolute atomic E-state index is 12.4. The van der Waals surface area contributed by atoms with Gasteiger partial charge in [-0.05, 0) is 43.7 Å². The summed E-state index contributed by atoms with van der Waals surface area (Å²) in [6.07, 6.45) is 3.33. The SMILES string of the molecule is COc1ccc(OC)c(NC(=O)CC(C)NCCc2c[nH]c3ccccc23)c1. The second-order valence-corrected chi connectivity index (χ2v) is 6.78. The fourth-order valence-corrected chi connectivity index (χ4v) is 3.25. The van der Waals surface area contributed by atoms with Gasteiger partial charge in [-0.25, -0.2) is 0 Å². The number of amides is 1. The highest BCUT2D eigenvalue weighted by Gasteiger charge is 2.13. The van der Waals surface area contributed by atoms with Crippen molar-refractivity contribution in [3.05, 3.63) is 54.2 Å². The molecule has 0 bridgehead atoms. The molecule has 0 saturated carbocycles. The first kappa shape index (κ1) is 19.8. The molecule has 28 heavy (non-hydrogen) atoms. The molecule has 0 saturated heterocycles. The highest BCUT2D eigenvalue weighted by atomic mass is 16.5. The molecule has 3 aromatic rings. The Morgan fingerprint density at radius 2 is 1.96 bits per heavy atom. The lowest BCUT2D eigenvalue weighted by Gasteiger charge is -2.15. The van der Waals surface area contributed by atoms with E-state index in [1.54, 1.807) is 32.4 Å². The zero-order valence-corrected chi connectivity index (χ0v) is 16.5. The van der Waals surface area contributed by atoms with E-state index < -0.39 is 0 Å². The number of anilines is 1. The molecule has 0 aliphatic heterocycles. The molecule has 1 unspecified atom stereocenters. The number of aromatic nitrogens is 1. The van der Waals surface area contributed by atoms with Crippen molar-refractivity contribution in [2.24, 2.45) is 0 Å². The number of benzene rings is 2. The summed E-state index contributed by atoms with van der Waals surface area (Å²) in [4.78, 5) is 15.7. The molecule has 0 aliphatic carbocycles. The van der Waals surface area contributed by atoms with Crippen molar-refractivity contribution in [2.45, 2.75) is 25.8 Å². The fourth-order valence-electron chi connectivity index (χ4n) is 3.25. The van der Waals surface area contributed by atoms with Crippen LogP contribution in [-0.4, -0.2) is 37.7 Å². The monoisotopic (exact) mass is 381 g/mol. The Hall–Kier alpha value is -2.99. The van der Waals surface area contributed by atoms with Gasteiger partial charge in [0, 0.05) is 35.6 Å². The van der Waals surface area contributed by atoms with Crippen LogP contribution in [0.5, 0.6) is 11.5 Å². The largest absolute Gasteiger partial charge is 0.497 e. The number of aromatic amines is 1. The number of para-hydroxylation sites is 1. The Morgan fingerprint density at radius 3 is 2.75 bits per heavy atom. The Morgan fingerprint density at radius 1 is 1.14 bits per heavy atom. The van der Waals surface area contributed by atoms with Crippen molar-refractivity contribution < 1.29 is 14.3 Å². The van der Waals surface area contributed by atoms with Crippen LogP contribution in [0.3, 0.4) is 0 Å². The second-order valence-electron chi connectivity index (χ2n) is 6.78. The van der Waals surface area contributed by atoms with Gasteiger partial charge in [0.1, 0.15) is 11.5 Å². The molecule has 1 heterocycles. The standard InChI is InChI=1S/C22H27N3O3/c1-15(23-11-10-16-14-24-19-7-5-4-6-18(16)19)12-22(26)25-20-13-17(27-2)8-9-21(20)28-3/h4-9,13-15,23-24H,10-12H2,1-3H3,(H,25,26). The smallest absolute Gasteiger partial charge is 0.226 e. The highest BCUT2D eigenvalue weighted by Crippen LogP contribution is 2.29. The molecule has 3 N–H and O–H groups in total. The van der Waals surface area contributed by atoms with Crippen LogP contribution in [0.4, 0.5) is 5.69 Å². The Kier molecular flexibility index (Phi) is 6.55. The van der Waals surface area contributed by atoms with Crippen LogP contribution in [0.25, 0.3) is 10.9 Å². The van der Waals surface area contributed by atoms with E-state index in [4.69, 9.17) is 9.47 Å². The van der Waals surface area contributed by atoms with Gasteiger partial charge >= 0.3 is 0 Å². The third-order valence-corrected chi connectivity index (χ3v) is 4.73. The lowest BCUT2D eigenvalue weighted by Crippen LogP contribution is -2.32. The number of carbonyl (C=O) groups excluding carboxylic acids is 1. The number of H-pyrrole nitrogens is 1. The van der Waals surface area contributed by atoms with E-state index in [1.807, 2.05) is 19.1 Å². The molecule has 0 aliphatic rings. The first-order chi connectivity index (χ1) is 13.6. The minimum absolute atomic E-state index is 0.0572. The number of fused-ring (bicyclic) bond motifs is 1. The molecule has 0 spiro atoms. The van der Waals surface area contributed by atoms with E-state index in [0.29, 0.717) is 23.6 Å². The molecule has 148 valence electrons. The van der Waals surface area contributed by atoms with Crippen LogP contribution in [0.15, 0.2) is 48.7 Å². The van der Waals surface area contributed by atoms with Gasteiger partial charge in [0.25, 0.3) is 0 Å². The number of hydrogen-bond donors (Lipinski definition) is 3. The minimum atomic E-state index is -0.0707. The van der Waals surface area contributed by atoms with E-state index in [-0.39, 0.29) is 11.9 Å². The fraction of sp³-hybridized carbons (Fsp3) is 0.318. The quantitative estimate of drug-likeness (QED) is 0.528. The third kappa shape index (κ3) is 4.84. The summed E-state index contributed by atoms with van der Waals surface area (Å²) < 4.78 is 10.5. The summed E-state index contributed by atoms with van der Waals surface area (Å²) in [6, 6.07) is 13.7. The maximum atomic E-state index is 12.4. The van der Waals surface area contributed by atoms with Crippen LogP contribution in [0, 0.1) is 0 Å². The Bertz CT molecular complexity index is 936. The van der Waals surface area contributed by atoms with E-state index in [9.17, 15) is 4.79 Å². The molecule has 1 atom stereocenters. The molecule has 1 aromatic heterocycles. The molecule has 0 fully saturated rings. The van der Waals surface area contributed by atoms with Gasteiger partial charge in [0.2, 0.25) is 5.91 Å². The molecule has 6 heteroatoms. The predicted octanol–water partition coefficient (Wildman–Crippen LogP) is 3.73. The van der Waals surface area contributed by atoms with Crippen LogP contribution >= 0.6 is 0 Å². The zero-order chi connectivity index (χ0) is 19.9. The summed E-state index contributed by atoms with van der Waals surface area (Å²) in [5, 5.41) is 7.58. The van der Waals surface area contributed by atoms with Crippen LogP contribution in [0.1, 0.15) is 18.9 Å². The topological polar surface area (TPSA) is 75.4 Å². The van der Waals surface area contributed by atoms with Gasteiger partial charge < -0.3 is 25.1 Å². The second kappa shape index (κ2) is 9.28. The third-order valence-electron chi connectivity index (χ3n) is 4.73. The molecule has 3 rings (SSSR count). The van der Waals surface area contributed by atoms with Gasteiger partial charge in [-0.1, -0.05) is 18.2 Å². The molecule has 6 nitrogen and oxygen atoms in total. The highest BCUT2D eigenvalue weighted by molar-refractivity contribution is 5.93. The lowest BCUT2D eigenvalue weighted by molar-refractivity contribution is -0.116. The van der Waals surface area contributed by atoms with Crippen LogP contribution in [0.2, 0.25) is 0 Å². The van der Waals surface area contributed by atoms with E-state index >= 15 is 0 Å². The molecular weight excluding hydrogens is 354 g/mol. The summed E-state index contributed by atoms with van der Waals surface area (Å²) in [6.45, 7) is 2.82. The number of nitrogens with one attached hydrogen (secondary N) is 3. The number of hydrogen-bond acceptors (Lipinski definition) is 4. The summed E-state index contributed by atoms with van der Waals surface area (Å²) in [7, 11) is 3.17. The van der Waals surface area contributed by atoms with Gasteiger partial charge in [0.15, 0.2) is 0 Å². The first-order valence-electron chi connectivity index (χ1n) is 9.41.